The maximum atomic E-state index is 12.5. The Kier molecular flexibility index (Phi) is 5.89. The number of benzene rings is 2. The molecule has 0 radical (unpaired) electrons. The Bertz CT molecular complexity index is 1030. The van der Waals surface area contributed by atoms with Crippen molar-refractivity contribution >= 4 is 28.3 Å². The first-order valence-corrected chi connectivity index (χ1v) is 12.3. The van der Waals surface area contributed by atoms with Gasteiger partial charge in [0, 0.05) is 18.9 Å². The molecule has 3 aromatic rings. The molecule has 0 aliphatic heterocycles. The van der Waals surface area contributed by atoms with Gasteiger partial charge in [-0.25, -0.2) is 0 Å². The van der Waals surface area contributed by atoms with E-state index in [1.165, 1.54) is 48.4 Å². The van der Waals surface area contributed by atoms with Crippen LogP contribution in [0.25, 0.3) is 10.8 Å². The molecule has 0 spiro atoms. The number of rotatable bonds is 5. The molecule has 0 bridgehead atoms. The van der Waals surface area contributed by atoms with E-state index in [1.54, 1.807) is 11.8 Å². The van der Waals surface area contributed by atoms with Gasteiger partial charge in [0.1, 0.15) is 11.6 Å². The zero-order valence-corrected chi connectivity index (χ0v) is 18.2. The second kappa shape index (κ2) is 8.93. The Hall–Kier alpha value is -2.14. The topological polar surface area (TPSA) is 47.8 Å². The van der Waals surface area contributed by atoms with E-state index >= 15 is 0 Å². The van der Waals surface area contributed by atoms with Crippen molar-refractivity contribution in [3.63, 3.8) is 0 Å². The lowest BCUT2D eigenvalue weighted by Crippen LogP contribution is -2.23. The van der Waals surface area contributed by atoms with E-state index in [9.17, 15) is 4.79 Å². The number of carbonyl (C=O) groups is 1. The molecule has 2 saturated carbocycles. The number of nitrogens with zero attached hydrogens (tertiary/aromatic N) is 3. The number of Topliss-reactive ketones (excluding diaryl/α,β-unsaturated/α-hetero) is 1. The lowest BCUT2D eigenvalue weighted by molar-refractivity contribution is -0.119. The highest BCUT2D eigenvalue weighted by Gasteiger charge is 2.29. The summed E-state index contributed by atoms with van der Waals surface area (Å²) in [6.07, 6.45) is 10.9. The van der Waals surface area contributed by atoms with Gasteiger partial charge in [-0.3, -0.25) is 4.79 Å². The van der Waals surface area contributed by atoms with Crippen molar-refractivity contribution in [2.24, 2.45) is 0 Å². The fraction of sp³-hybridized carbons (Fsp3) is 0.480. The Morgan fingerprint density at radius 2 is 1.70 bits per heavy atom. The van der Waals surface area contributed by atoms with Crippen LogP contribution < -0.4 is 0 Å². The second-order valence-corrected chi connectivity index (χ2v) is 9.86. The molecule has 5 rings (SSSR count). The summed E-state index contributed by atoms with van der Waals surface area (Å²) in [5, 5.41) is 12.8. The van der Waals surface area contributed by atoms with Crippen LogP contribution in [0.5, 0.6) is 0 Å². The third-order valence-electron chi connectivity index (χ3n) is 6.65. The largest absolute Gasteiger partial charge is 0.303 e. The van der Waals surface area contributed by atoms with Crippen LogP contribution >= 0.6 is 11.8 Å². The van der Waals surface area contributed by atoms with Crippen molar-refractivity contribution in [3.8, 4) is 0 Å². The molecule has 2 aliphatic carbocycles. The predicted octanol–water partition coefficient (Wildman–Crippen LogP) is 6.13. The fourth-order valence-electron chi connectivity index (χ4n) is 5.03. The molecule has 5 heteroatoms. The molecular formula is C25H29N3OS. The molecule has 156 valence electrons. The van der Waals surface area contributed by atoms with Crippen LogP contribution in [-0.2, 0) is 11.2 Å². The normalized spacial score (nSPS) is 20.7. The third-order valence-corrected chi connectivity index (χ3v) is 7.92. The van der Waals surface area contributed by atoms with Gasteiger partial charge < -0.3 is 4.57 Å². The van der Waals surface area contributed by atoms with E-state index in [-0.39, 0.29) is 5.25 Å². The van der Waals surface area contributed by atoms with Crippen LogP contribution in [0.2, 0.25) is 0 Å². The van der Waals surface area contributed by atoms with Gasteiger partial charge in [-0.2, -0.15) is 0 Å². The Balaban J connectivity index is 1.49. The van der Waals surface area contributed by atoms with Crippen molar-refractivity contribution < 1.29 is 4.79 Å². The van der Waals surface area contributed by atoms with Crippen LogP contribution in [0.3, 0.4) is 0 Å². The molecule has 1 aromatic heterocycles. The standard InChI is InChI=1S/C25H29N3OS/c29-22-15-6-7-16-23(22)30-25-27-26-24(28(25)20-12-2-1-3-13-20)17-19-11-8-10-18-9-4-5-14-21(18)19/h4-5,8-11,14,20,23H,1-3,6-7,12-13,15-17H2/t23-/m1/s1. The molecule has 2 aromatic carbocycles. The molecule has 2 fully saturated rings. The minimum atomic E-state index is 0.0516. The maximum absolute atomic E-state index is 12.5. The first kappa shape index (κ1) is 19.8. The summed E-state index contributed by atoms with van der Waals surface area (Å²) in [5.41, 5.74) is 1.29. The molecule has 1 atom stereocenters. The van der Waals surface area contributed by atoms with Gasteiger partial charge >= 0.3 is 0 Å². The van der Waals surface area contributed by atoms with Gasteiger partial charge in [0.15, 0.2) is 5.16 Å². The van der Waals surface area contributed by atoms with Gasteiger partial charge in [-0.15, -0.1) is 10.2 Å². The van der Waals surface area contributed by atoms with E-state index in [0.29, 0.717) is 11.8 Å². The highest BCUT2D eigenvalue weighted by Crippen LogP contribution is 2.37. The van der Waals surface area contributed by atoms with Gasteiger partial charge in [-0.1, -0.05) is 79.9 Å². The number of carbonyl (C=O) groups excluding carboxylic acids is 1. The average molecular weight is 420 g/mol. The Morgan fingerprint density at radius 1 is 0.900 bits per heavy atom. The van der Waals surface area contributed by atoms with Crippen molar-refractivity contribution in [1.82, 2.24) is 14.8 Å². The SMILES string of the molecule is O=C1CCCC[C@H]1Sc1nnc(Cc2cccc3ccccc23)n1C1CCCCC1. The Morgan fingerprint density at radius 3 is 2.57 bits per heavy atom. The van der Waals surface area contributed by atoms with Crippen LogP contribution in [0.1, 0.15) is 75.2 Å². The Labute approximate surface area is 182 Å². The molecule has 4 nitrogen and oxygen atoms in total. The summed E-state index contributed by atoms with van der Waals surface area (Å²) in [6.45, 7) is 0. The van der Waals surface area contributed by atoms with Gasteiger partial charge in [-0.05, 0) is 42.0 Å². The maximum Gasteiger partial charge on any atom is 0.192 e. The molecule has 0 saturated heterocycles. The summed E-state index contributed by atoms with van der Waals surface area (Å²) in [5.74, 6) is 1.43. The summed E-state index contributed by atoms with van der Waals surface area (Å²) < 4.78 is 2.40. The van der Waals surface area contributed by atoms with Crippen LogP contribution in [0, 0.1) is 0 Å². The van der Waals surface area contributed by atoms with E-state index in [1.807, 2.05) is 0 Å². The summed E-state index contributed by atoms with van der Waals surface area (Å²) in [7, 11) is 0. The van der Waals surface area contributed by atoms with Gasteiger partial charge in [0.2, 0.25) is 0 Å². The summed E-state index contributed by atoms with van der Waals surface area (Å²) in [4.78, 5) is 12.5. The van der Waals surface area contributed by atoms with Crippen LogP contribution in [0.4, 0.5) is 0 Å². The summed E-state index contributed by atoms with van der Waals surface area (Å²) >= 11 is 1.67. The van der Waals surface area contributed by atoms with Crippen LogP contribution in [-0.4, -0.2) is 25.8 Å². The zero-order chi connectivity index (χ0) is 20.3. The van der Waals surface area contributed by atoms with Crippen molar-refractivity contribution in [1.29, 1.82) is 0 Å². The highest BCUT2D eigenvalue weighted by molar-refractivity contribution is 8.00. The van der Waals surface area contributed by atoms with E-state index in [2.05, 4.69) is 57.2 Å². The lowest BCUT2D eigenvalue weighted by Gasteiger charge is -2.27. The lowest BCUT2D eigenvalue weighted by atomic mass is 9.95. The monoisotopic (exact) mass is 419 g/mol. The quantitative estimate of drug-likeness (QED) is 0.499. The molecule has 2 aliphatic rings. The van der Waals surface area contributed by atoms with E-state index in [4.69, 9.17) is 0 Å². The number of ketones is 1. The minimum Gasteiger partial charge on any atom is -0.303 e. The van der Waals surface area contributed by atoms with Crippen LogP contribution in [0.15, 0.2) is 47.6 Å². The average Bonchev–Trinajstić information content (AvgIpc) is 3.18. The molecule has 30 heavy (non-hydrogen) atoms. The number of hydrogen-bond donors (Lipinski definition) is 0. The molecule has 0 unspecified atom stereocenters. The number of fused-ring (bicyclic) bond motifs is 1. The smallest absolute Gasteiger partial charge is 0.192 e. The van der Waals surface area contributed by atoms with E-state index < -0.39 is 0 Å². The number of hydrogen-bond acceptors (Lipinski definition) is 4. The number of aromatic nitrogens is 3. The number of thioether (sulfide) groups is 1. The first-order chi connectivity index (χ1) is 14.8. The van der Waals surface area contributed by atoms with Gasteiger partial charge in [0.05, 0.1) is 5.25 Å². The van der Waals surface area contributed by atoms with Crippen molar-refractivity contribution in [2.75, 3.05) is 0 Å². The molecule has 0 amide bonds. The van der Waals surface area contributed by atoms with Gasteiger partial charge in [0.25, 0.3) is 0 Å². The second-order valence-electron chi connectivity index (χ2n) is 8.69. The minimum absolute atomic E-state index is 0.0516. The molecule has 0 N–H and O–H groups in total. The third kappa shape index (κ3) is 4.04. The summed E-state index contributed by atoms with van der Waals surface area (Å²) in [6, 6.07) is 15.5. The highest BCUT2D eigenvalue weighted by atomic mass is 32.2. The molecule has 1 heterocycles. The fourth-order valence-corrected chi connectivity index (χ4v) is 6.28. The first-order valence-electron chi connectivity index (χ1n) is 11.4. The zero-order valence-electron chi connectivity index (χ0n) is 17.4. The van der Waals surface area contributed by atoms with Crippen molar-refractivity contribution in [2.45, 2.75) is 80.7 Å². The molecular weight excluding hydrogens is 390 g/mol. The predicted molar refractivity (Wildman–Crippen MR) is 122 cm³/mol. The van der Waals surface area contributed by atoms with E-state index in [0.717, 1.165) is 43.1 Å². The van der Waals surface area contributed by atoms with Crippen molar-refractivity contribution in [3.05, 3.63) is 53.9 Å².